The first kappa shape index (κ1) is 32.0. The normalized spacial score (nSPS) is 9.25. The van der Waals surface area contributed by atoms with E-state index in [4.69, 9.17) is 5.73 Å². The van der Waals surface area contributed by atoms with Crippen LogP contribution in [0.3, 0.4) is 0 Å². The van der Waals surface area contributed by atoms with Crippen molar-refractivity contribution >= 4 is 31.7 Å². The number of halogens is 2. The zero-order valence-electron chi connectivity index (χ0n) is 17.6. The molecule has 3 rings (SSSR count). The SMILES string of the molecule is CC(C)(C)[NH-].CN(c1ccccc1)c1c[cH-]c2ccccc12.C[Si]C.[Cl-].[Cl-].[Ti+4]. The molecule has 1 N–H and O–H groups in total. The Hall–Kier alpha value is -0.679. The Morgan fingerprint density at radius 3 is 1.82 bits per heavy atom. The van der Waals surface area contributed by atoms with Crippen LogP contribution in [-0.4, -0.2) is 22.1 Å². The number of fused-ring (bicyclic) bond motifs is 1. The Bertz CT molecular complexity index is 737. The number of hydrogen-bond donors (Lipinski definition) is 0. The Labute approximate surface area is 201 Å². The largest absolute Gasteiger partial charge is 4.00 e. The van der Waals surface area contributed by atoms with Crippen LogP contribution in [0.15, 0.2) is 66.7 Å². The van der Waals surface area contributed by atoms with Crippen LogP contribution in [0.25, 0.3) is 16.5 Å². The summed E-state index contributed by atoms with van der Waals surface area (Å²) in [7, 11) is 3.19. The summed E-state index contributed by atoms with van der Waals surface area (Å²) in [4.78, 5) is 2.22. The second kappa shape index (κ2) is 16.2. The molecule has 0 amide bonds. The van der Waals surface area contributed by atoms with Gasteiger partial charge in [0.2, 0.25) is 0 Å². The maximum Gasteiger partial charge on any atom is 4.00 e. The van der Waals surface area contributed by atoms with Crippen molar-refractivity contribution in [3.05, 3.63) is 72.5 Å². The third-order valence-electron chi connectivity index (χ3n) is 3.16. The molecular weight excluding hydrogens is 439 g/mol. The molecule has 0 saturated carbocycles. The Kier molecular flexibility index (Phi) is 18.5. The molecule has 0 spiro atoms. The van der Waals surface area contributed by atoms with E-state index in [0.717, 1.165) is 9.52 Å². The van der Waals surface area contributed by atoms with Crippen molar-refractivity contribution in [1.82, 2.24) is 0 Å². The first-order chi connectivity index (χ1) is 11.8. The summed E-state index contributed by atoms with van der Waals surface area (Å²) < 4.78 is 0. The minimum atomic E-state index is -0.250. The van der Waals surface area contributed by atoms with Crippen LogP contribution >= 0.6 is 0 Å². The topological polar surface area (TPSA) is 27.0 Å². The van der Waals surface area contributed by atoms with Crippen molar-refractivity contribution in [3.8, 4) is 0 Å². The summed E-state index contributed by atoms with van der Waals surface area (Å²) in [6, 6.07) is 23.3. The van der Waals surface area contributed by atoms with E-state index in [9.17, 15) is 0 Å². The summed E-state index contributed by atoms with van der Waals surface area (Å²) in [5, 5.41) is 2.60. The van der Waals surface area contributed by atoms with Crippen LogP contribution in [0.2, 0.25) is 13.1 Å². The quantitative estimate of drug-likeness (QED) is 0.406. The van der Waals surface area contributed by atoms with Crippen LogP contribution in [-0.2, 0) is 21.7 Å². The summed E-state index contributed by atoms with van der Waals surface area (Å²) in [5.74, 6) is 0. The fourth-order valence-electron chi connectivity index (χ4n) is 2.22. The van der Waals surface area contributed by atoms with Crippen LogP contribution in [0.1, 0.15) is 20.8 Å². The van der Waals surface area contributed by atoms with Gasteiger partial charge in [0.05, 0.1) is 0 Å². The van der Waals surface area contributed by atoms with Crippen LogP contribution < -0.4 is 29.7 Å². The number of para-hydroxylation sites is 1. The van der Waals surface area contributed by atoms with Gasteiger partial charge in [-0.15, -0.1) is 46.6 Å². The van der Waals surface area contributed by atoms with E-state index in [-0.39, 0.29) is 52.1 Å². The number of benzene rings is 2. The van der Waals surface area contributed by atoms with E-state index in [1.807, 2.05) is 26.8 Å². The molecule has 2 radical (unpaired) electrons. The molecule has 0 aromatic heterocycles. The Morgan fingerprint density at radius 1 is 0.893 bits per heavy atom. The van der Waals surface area contributed by atoms with Gasteiger partial charge in [-0.05, 0) is 12.1 Å². The van der Waals surface area contributed by atoms with Crippen molar-refractivity contribution in [3.63, 3.8) is 0 Å². The molecule has 0 atom stereocenters. The molecule has 0 aliphatic rings. The molecule has 150 valence electrons. The molecule has 28 heavy (non-hydrogen) atoms. The van der Waals surface area contributed by atoms with Crippen LogP contribution in [0, 0.1) is 0 Å². The standard InChI is InChI=1S/C16H14N.C4H10N.C2H6Si.2ClH.Ti/c1-17(14-8-3-2-4-9-14)16-12-11-13-7-5-6-10-15(13)16;1-4(2,3)5;1-3-2;;;/h2-12H,1H3;5H,1-3H3;1-2H3;2*1H;/q2*-1;;;;+4/p-2. The molecule has 3 aromatic carbocycles. The third-order valence-corrected chi connectivity index (χ3v) is 3.16. The van der Waals surface area contributed by atoms with E-state index >= 15 is 0 Å². The van der Waals surface area contributed by atoms with Crippen molar-refractivity contribution in [2.24, 2.45) is 0 Å². The summed E-state index contributed by atoms with van der Waals surface area (Å²) in [6.45, 7) is 9.87. The molecular formula is C22H30Cl2N2SiTi. The molecule has 6 heteroatoms. The molecule has 2 nitrogen and oxygen atoms in total. The number of anilines is 2. The average molecular weight is 469 g/mol. The van der Waals surface area contributed by atoms with Gasteiger partial charge in [0, 0.05) is 22.3 Å². The minimum absolute atomic E-state index is 0. The number of nitrogens with zero attached hydrogens (tertiary/aromatic N) is 1. The molecule has 0 aliphatic heterocycles. The van der Waals surface area contributed by atoms with Crippen molar-refractivity contribution in [2.75, 3.05) is 11.9 Å². The summed E-state index contributed by atoms with van der Waals surface area (Å²) in [5.41, 5.74) is 9.16. The first-order valence-electron chi connectivity index (χ1n) is 8.54. The van der Waals surface area contributed by atoms with Crippen LogP contribution in [0.4, 0.5) is 11.4 Å². The zero-order chi connectivity index (χ0) is 18.9. The van der Waals surface area contributed by atoms with E-state index in [1.165, 1.54) is 22.1 Å². The van der Waals surface area contributed by atoms with E-state index in [0.29, 0.717) is 0 Å². The van der Waals surface area contributed by atoms with Crippen molar-refractivity contribution in [2.45, 2.75) is 39.4 Å². The van der Waals surface area contributed by atoms with Gasteiger partial charge in [-0.3, -0.25) is 0 Å². The average Bonchev–Trinajstić information content (AvgIpc) is 2.98. The predicted molar refractivity (Wildman–Crippen MR) is 116 cm³/mol. The van der Waals surface area contributed by atoms with Gasteiger partial charge in [-0.25, -0.2) is 0 Å². The van der Waals surface area contributed by atoms with Gasteiger partial charge in [-0.1, -0.05) is 63.8 Å². The minimum Gasteiger partial charge on any atom is -1.00 e. The molecule has 0 unspecified atom stereocenters. The van der Waals surface area contributed by atoms with Gasteiger partial charge in [0.25, 0.3) is 0 Å². The fraction of sp³-hybridized carbons (Fsp3) is 0.318. The van der Waals surface area contributed by atoms with E-state index < -0.39 is 0 Å². The van der Waals surface area contributed by atoms with Crippen LogP contribution in [0.5, 0.6) is 0 Å². The molecule has 0 saturated heterocycles. The summed E-state index contributed by atoms with van der Waals surface area (Å²) >= 11 is 0. The van der Waals surface area contributed by atoms with Gasteiger partial charge in [0.15, 0.2) is 0 Å². The second-order valence-corrected chi connectivity index (χ2v) is 7.95. The predicted octanol–water partition coefficient (Wildman–Crippen LogP) is 0.956. The van der Waals surface area contributed by atoms with Crippen molar-refractivity contribution < 1.29 is 46.5 Å². The van der Waals surface area contributed by atoms with Gasteiger partial charge < -0.3 is 35.4 Å². The fourth-order valence-corrected chi connectivity index (χ4v) is 2.22. The number of hydrogen-bond acceptors (Lipinski definition) is 1. The third kappa shape index (κ3) is 12.0. The summed E-state index contributed by atoms with van der Waals surface area (Å²) in [6.07, 6.45) is 0. The van der Waals surface area contributed by atoms with Crippen molar-refractivity contribution in [1.29, 1.82) is 0 Å². The maximum atomic E-state index is 6.94. The Balaban J connectivity index is -0.000000495. The molecule has 0 aliphatic carbocycles. The first-order valence-corrected chi connectivity index (χ1v) is 10.5. The molecule has 0 heterocycles. The molecule has 0 fully saturated rings. The van der Waals surface area contributed by atoms with E-state index in [2.05, 4.69) is 85.7 Å². The zero-order valence-corrected chi connectivity index (χ0v) is 21.6. The smallest absolute Gasteiger partial charge is 1.00 e. The Morgan fingerprint density at radius 2 is 1.32 bits per heavy atom. The van der Waals surface area contributed by atoms with Gasteiger partial charge in [0.1, 0.15) is 0 Å². The van der Waals surface area contributed by atoms with Gasteiger partial charge >= 0.3 is 21.7 Å². The number of rotatable bonds is 2. The molecule has 3 aromatic rings. The molecule has 0 bridgehead atoms. The second-order valence-electron chi connectivity index (χ2n) is 6.95. The monoisotopic (exact) mass is 468 g/mol. The maximum absolute atomic E-state index is 6.94. The van der Waals surface area contributed by atoms with E-state index in [1.54, 1.807) is 0 Å². The number of nitrogens with one attached hydrogen (secondary N) is 1. The van der Waals surface area contributed by atoms with Gasteiger partial charge in [-0.2, -0.15) is 0 Å².